The van der Waals surface area contributed by atoms with Gasteiger partial charge in [0.1, 0.15) is 5.69 Å². The number of hydrogen-bond donors (Lipinski definition) is 3. The number of benzene rings is 1. The Morgan fingerprint density at radius 1 is 1.23 bits per heavy atom. The average molecular weight is 343 g/mol. The molecule has 1 heterocycles. The highest BCUT2D eigenvalue weighted by atomic mass is 35.5. The van der Waals surface area contributed by atoms with E-state index in [0.29, 0.717) is 17.3 Å². The van der Waals surface area contributed by atoms with Crippen LogP contribution >= 0.6 is 24.0 Å². The molecule has 1 amide bonds. The van der Waals surface area contributed by atoms with Gasteiger partial charge < -0.3 is 10.6 Å². The Morgan fingerprint density at radius 2 is 1.95 bits per heavy atom. The van der Waals surface area contributed by atoms with Crippen molar-refractivity contribution in [1.29, 1.82) is 0 Å². The van der Waals surface area contributed by atoms with Gasteiger partial charge in [-0.05, 0) is 31.2 Å². The second-order valence-electron chi connectivity index (χ2n) is 4.68. The van der Waals surface area contributed by atoms with E-state index in [-0.39, 0.29) is 18.3 Å². The summed E-state index contributed by atoms with van der Waals surface area (Å²) in [5.41, 5.74) is 2.09. The summed E-state index contributed by atoms with van der Waals surface area (Å²) >= 11 is 5.85. The normalized spacial score (nSPS) is 10.1. The molecule has 120 valence electrons. The highest BCUT2D eigenvalue weighted by Gasteiger charge is 2.10. The van der Waals surface area contributed by atoms with Crippen LogP contribution in [0.2, 0.25) is 5.02 Å². The van der Waals surface area contributed by atoms with Crippen molar-refractivity contribution < 1.29 is 4.79 Å². The molecule has 3 N–H and O–H groups in total. The maximum absolute atomic E-state index is 11.9. The minimum Gasteiger partial charge on any atom is -0.349 e. The fraction of sp³-hybridized carbons (Fsp3) is 0.333. The first-order chi connectivity index (χ1) is 10.2. The van der Waals surface area contributed by atoms with Crippen LogP contribution in [0.25, 0.3) is 11.3 Å². The Morgan fingerprint density at radius 3 is 2.64 bits per heavy atom. The zero-order valence-electron chi connectivity index (χ0n) is 12.4. The number of carbonyl (C=O) groups is 1. The number of aromatic amines is 1. The fourth-order valence-corrected chi connectivity index (χ4v) is 1.99. The first kappa shape index (κ1) is 18.5. The van der Waals surface area contributed by atoms with E-state index in [1.807, 2.05) is 12.1 Å². The minimum atomic E-state index is -0.152. The lowest BCUT2D eigenvalue weighted by molar-refractivity contribution is 0.0949. The standard InChI is InChI=1S/C15H19ClN4O.ClH/c1-2-7-17-8-9-18-15(21)14-10-13(19-20-14)11-3-5-12(16)6-4-11;/h3-6,10,17H,2,7-9H2,1H3,(H,18,21)(H,19,20);1H. The average Bonchev–Trinajstić information content (AvgIpc) is 2.97. The van der Waals surface area contributed by atoms with Crippen molar-refractivity contribution in [3.63, 3.8) is 0 Å². The number of rotatable bonds is 7. The van der Waals surface area contributed by atoms with Gasteiger partial charge in [-0.3, -0.25) is 9.89 Å². The fourth-order valence-electron chi connectivity index (χ4n) is 1.87. The van der Waals surface area contributed by atoms with Crippen LogP contribution in [0.3, 0.4) is 0 Å². The van der Waals surface area contributed by atoms with Gasteiger partial charge in [-0.15, -0.1) is 12.4 Å². The van der Waals surface area contributed by atoms with Gasteiger partial charge in [0.25, 0.3) is 5.91 Å². The van der Waals surface area contributed by atoms with Crippen molar-refractivity contribution in [3.05, 3.63) is 41.0 Å². The van der Waals surface area contributed by atoms with E-state index in [2.05, 4.69) is 27.8 Å². The Balaban J connectivity index is 0.00000242. The second-order valence-corrected chi connectivity index (χ2v) is 5.12. The zero-order chi connectivity index (χ0) is 15.1. The van der Waals surface area contributed by atoms with E-state index in [1.165, 1.54) is 0 Å². The summed E-state index contributed by atoms with van der Waals surface area (Å²) in [6.45, 7) is 4.42. The number of aromatic nitrogens is 2. The van der Waals surface area contributed by atoms with Crippen LogP contribution in [0.5, 0.6) is 0 Å². The number of halogens is 2. The van der Waals surface area contributed by atoms with Gasteiger partial charge in [0.05, 0.1) is 5.69 Å². The number of carbonyl (C=O) groups excluding carboxylic acids is 1. The van der Waals surface area contributed by atoms with Crippen LogP contribution in [0.15, 0.2) is 30.3 Å². The minimum absolute atomic E-state index is 0. The molecule has 0 aliphatic carbocycles. The quantitative estimate of drug-likeness (QED) is 0.677. The molecule has 0 aliphatic rings. The van der Waals surface area contributed by atoms with Gasteiger partial charge in [0.15, 0.2) is 0 Å². The summed E-state index contributed by atoms with van der Waals surface area (Å²) in [5, 5.41) is 13.6. The molecule has 22 heavy (non-hydrogen) atoms. The zero-order valence-corrected chi connectivity index (χ0v) is 13.9. The maximum Gasteiger partial charge on any atom is 0.269 e. The number of H-pyrrole nitrogens is 1. The molecule has 2 aromatic rings. The van der Waals surface area contributed by atoms with Gasteiger partial charge in [-0.2, -0.15) is 5.10 Å². The smallest absolute Gasteiger partial charge is 0.269 e. The third kappa shape index (κ3) is 5.33. The molecule has 2 rings (SSSR count). The Labute approximate surface area is 141 Å². The van der Waals surface area contributed by atoms with Crippen LogP contribution < -0.4 is 10.6 Å². The Kier molecular flexibility index (Phi) is 7.95. The third-order valence-electron chi connectivity index (χ3n) is 2.98. The van der Waals surface area contributed by atoms with Crippen LogP contribution in [-0.2, 0) is 0 Å². The molecule has 0 atom stereocenters. The predicted octanol–water partition coefficient (Wildman–Crippen LogP) is 2.88. The van der Waals surface area contributed by atoms with Gasteiger partial charge in [-0.25, -0.2) is 0 Å². The predicted molar refractivity (Wildman–Crippen MR) is 91.8 cm³/mol. The van der Waals surface area contributed by atoms with Crippen LogP contribution in [0.1, 0.15) is 23.8 Å². The number of amides is 1. The van der Waals surface area contributed by atoms with E-state index in [0.717, 1.165) is 30.8 Å². The van der Waals surface area contributed by atoms with Gasteiger partial charge >= 0.3 is 0 Å². The van der Waals surface area contributed by atoms with Crippen molar-refractivity contribution in [1.82, 2.24) is 20.8 Å². The second kappa shape index (κ2) is 9.46. The highest BCUT2D eigenvalue weighted by molar-refractivity contribution is 6.30. The molecule has 0 fully saturated rings. The summed E-state index contributed by atoms with van der Waals surface area (Å²) in [7, 11) is 0. The molecule has 0 bridgehead atoms. The molecule has 0 saturated heterocycles. The lowest BCUT2D eigenvalue weighted by atomic mass is 10.1. The van der Waals surface area contributed by atoms with E-state index >= 15 is 0 Å². The van der Waals surface area contributed by atoms with Crippen LogP contribution in [-0.4, -0.2) is 35.7 Å². The first-order valence-corrected chi connectivity index (χ1v) is 7.38. The van der Waals surface area contributed by atoms with Gasteiger partial charge in [0, 0.05) is 23.7 Å². The Hall–Kier alpha value is -1.56. The summed E-state index contributed by atoms with van der Waals surface area (Å²) in [5.74, 6) is -0.152. The summed E-state index contributed by atoms with van der Waals surface area (Å²) in [6, 6.07) is 9.07. The van der Waals surface area contributed by atoms with Crippen molar-refractivity contribution in [3.8, 4) is 11.3 Å². The van der Waals surface area contributed by atoms with E-state index < -0.39 is 0 Å². The SMILES string of the molecule is CCCNCCNC(=O)c1cc(-c2ccc(Cl)cc2)n[nH]1.Cl. The number of nitrogens with one attached hydrogen (secondary N) is 3. The highest BCUT2D eigenvalue weighted by Crippen LogP contribution is 2.20. The summed E-state index contributed by atoms with van der Waals surface area (Å²) in [4.78, 5) is 11.9. The summed E-state index contributed by atoms with van der Waals surface area (Å²) < 4.78 is 0. The maximum atomic E-state index is 11.9. The van der Waals surface area contributed by atoms with Gasteiger partial charge in [0.2, 0.25) is 0 Å². The number of nitrogens with zero attached hydrogens (tertiary/aromatic N) is 1. The lowest BCUT2D eigenvalue weighted by Crippen LogP contribution is -2.32. The molecule has 0 spiro atoms. The molecule has 0 aliphatic heterocycles. The molecule has 0 saturated carbocycles. The van der Waals surface area contributed by atoms with Crippen molar-refractivity contribution in [2.45, 2.75) is 13.3 Å². The molecule has 5 nitrogen and oxygen atoms in total. The monoisotopic (exact) mass is 342 g/mol. The topological polar surface area (TPSA) is 69.8 Å². The molecule has 0 unspecified atom stereocenters. The molecule has 1 aromatic carbocycles. The first-order valence-electron chi connectivity index (χ1n) is 7.01. The van der Waals surface area contributed by atoms with Crippen LogP contribution in [0.4, 0.5) is 0 Å². The third-order valence-corrected chi connectivity index (χ3v) is 3.23. The van der Waals surface area contributed by atoms with E-state index in [4.69, 9.17) is 11.6 Å². The Bertz CT molecular complexity index is 583. The molecular weight excluding hydrogens is 323 g/mol. The largest absolute Gasteiger partial charge is 0.349 e. The molecule has 7 heteroatoms. The van der Waals surface area contributed by atoms with Crippen molar-refractivity contribution in [2.75, 3.05) is 19.6 Å². The lowest BCUT2D eigenvalue weighted by Gasteiger charge is -2.04. The molecule has 0 radical (unpaired) electrons. The van der Waals surface area contributed by atoms with Crippen molar-refractivity contribution >= 4 is 29.9 Å². The van der Waals surface area contributed by atoms with Crippen LogP contribution in [0, 0.1) is 0 Å². The van der Waals surface area contributed by atoms with Crippen molar-refractivity contribution in [2.24, 2.45) is 0 Å². The van der Waals surface area contributed by atoms with E-state index in [9.17, 15) is 4.79 Å². The summed E-state index contributed by atoms with van der Waals surface area (Å²) in [6.07, 6.45) is 1.08. The van der Waals surface area contributed by atoms with Gasteiger partial charge in [-0.1, -0.05) is 30.7 Å². The number of hydrogen-bond acceptors (Lipinski definition) is 3. The molecular formula is C15H20Cl2N4O. The van der Waals surface area contributed by atoms with E-state index in [1.54, 1.807) is 18.2 Å². The molecule has 1 aromatic heterocycles.